The molecule has 0 aliphatic heterocycles. The lowest BCUT2D eigenvalue weighted by atomic mass is 10.1. The van der Waals surface area contributed by atoms with Crippen LogP contribution in [0.1, 0.15) is 21.6 Å². The molecule has 0 atom stereocenters. The van der Waals surface area contributed by atoms with E-state index in [1.54, 1.807) is 30.3 Å². The number of benzene rings is 1. The van der Waals surface area contributed by atoms with Gasteiger partial charge in [-0.05, 0) is 19.1 Å². The molecule has 0 radical (unpaired) electrons. The zero-order valence-electron chi connectivity index (χ0n) is 10.1. The maximum atomic E-state index is 11.1. The molecule has 1 aromatic carbocycles. The highest BCUT2D eigenvalue weighted by Gasteiger charge is 2.17. The van der Waals surface area contributed by atoms with Crippen molar-refractivity contribution in [2.24, 2.45) is 0 Å². The van der Waals surface area contributed by atoms with Gasteiger partial charge in [-0.15, -0.1) is 0 Å². The maximum Gasteiger partial charge on any atom is 0.356 e. The van der Waals surface area contributed by atoms with Gasteiger partial charge in [-0.1, -0.05) is 18.2 Å². The summed E-state index contributed by atoms with van der Waals surface area (Å²) in [6.07, 6.45) is 0. The summed E-state index contributed by atoms with van der Waals surface area (Å²) in [4.78, 5) is 11.1. The van der Waals surface area contributed by atoms with Crippen LogP contribution < -0.4 is 5.49 Å². The summed E-state index contributed by atoms with van der Waals surface area (Å²) in [5.74, 6) is -1.22. The zero-order valence-corrected chi connectivity index (χ0v) is 10.1. The van der Waals surface area contributed by atoms with E-state index in [1.165, 1.54) is 6.92 Å². The zero-order chi connectivity index (χ0) is 14.0. The number of hydrogen-bond donors (Lipinski definition) is 2. The molecule has 0 amide bonds. The summed E-state index contributed by atoms with van der Waals surface area (Å²) in [5, 5.41) is 30.1. The molecule has 1 aromatic heterocycles. The number of carboxylic acids is 1. The Labute approximate surface area is 108 Å². The first-order valence-corrected chi connectivity index (χ1v) is 5.43. The predicted molar refractivity (Wildman–Crippen MR) is 65.8 cm³/mol. The molecule has 0 aliphatic rings. The van der Waals surface area contributed by atoms with Gasteiger partial charge >= 0.3 is 5.97 Å². The number of nitrogens with zero attached hydrogens (tertiary/aromatic N) is 3. The van der Waals surface area contributed by atoms with Crippen molar-refractivity contribution in [2.45, 2.75) is 6.92 Å². The molecule has 0 fully saturated rings. The van der Waals surface area contributed by atoms with Crippen molar-refractivity contribution < 1.29 is 9.90 Å². The molecule has 0 spiro atoms. The molecule has 0 saturated heterocycles. The van der Waals surface area contributed by atoms with Gasteiger partial charge in [-0.2, -0.15) is 10.4 Å². The maximum absolute atomic E-state index is 11.1. The van der Waals surface area contributed by atoms with Gasteiger partial charge in [0, 0.05) is 5.56 Å². The minimum absolute atomic E-state index is 0.0104. The van der Waals surface area contributed by atoms with Gasteiger partial charge in [0.25, 0.3) is 0 Å². The highest BCUT2D eigenvalue weighted by Crippen LogP contribution is 2.09. The largest absolute Gasteiger partial charge is 0.476 e. The van der Waals surface area contributed by atoms with E-state index >= 15 is 0 Å². The number of carboxylic acid groups (broad SMARTS) is 1. The van der Waals surface area contributed by atoms with Gasteiger partial charge in [-0.3, -0.25) is 5.41 Å². The molecule has 1 heterocycles. The molecule has 0 aliphatic carbocycles. The SMILES string of the molecule is Cc1c(C(=O)O)nn(-c2ccccc2)c(=N)c1C#N. The summed E-state index contributed by atoms with van der Waals surface area (Å²) < 4.78 is 1.15. The second-order valence-electron chi connectivity index (χ2n) is 3.86. The predicted octanol–water partition coefficient (Wildman–Crippen LogP) is 1.23. The fraction of sp³-hybridized carbons (Fsp3) is 0.0769. The molecule has 0 unspecified atom stereocenters. The Balaban J connectivity index is 2.84. The Morgan fingerprint density at radius 3 is 2.58 bits per heavy atom. The van der Waals surface area contributed by atoms with E-state index in [4.69, 9.17) is 15.8 Å². The third-order valence-corrected chi connectivity index (χ3v) is 2.69. The summed E-state index contributed by atoms with van der Waals surface area (Å²) in [6.45, 7) is 1.47. The fourth-order valence-electron chi connectivity index (χ4n) is 1.72. The lowest BCUT2D eigenvalue weighted by molar-refractivity contribution is 0.0687. The van der Waals surface area contributed by atoms with E-state index in [-0.39, 0.29) is 22.3 Å². The van der Waals surface area contributed by atoms with E-state index in [0.29, 0.717) is 5.69 Å². The third kappa shape index (κ3) is 2.09. The summed E-state index contributed by atoms with van der Waals surface area (Å²) in [7, 11) is 0. The van der Waals surface area contributed by atoms with Gasteiger partial charge in [0.1, 0.15) is 11.6 Å². The molecular weight excluding hydrogens is 244 g/mol. The molecule has 0 saturated carbocycles. The molecule has 2 rings (SSSR count). The first-order valence-electron chi connectivity index (χ1n) is 5.43. The summed E-state index contributed by atoms with van der Waals surface area (Å²) in [6, 6.07) is 10.5. The van der Waals surface area contributed by atoms with Gasteiger partial charge in [0.2, 0.25) is 0 Å². The van der Waals surface area contributed by atoms with Crippen molar-refractivity contribution >= 4 is 5.97 Å². The van der Waals surface area contributed by atoms with Crippen LogP contribution in [0.3, 0.4) is 0 Å². The van der Waals surface area contributed by atoms with Crippen molar-refractivity contribution in [3.8, 4) is 11.8 Å². The standard InChI is InChI=1S/C13H10N4O2/c1-8-10(7-14)12(15)17(16-11(8)13(18)19)9-5-3-2-4-6-9/h2-6,15H,1H3,(H,18,19). The number of para-hydroxylation sites is 1. The first kappa shape index (κ1) is 12.5. The van der Waals surface area contributed by atoms with Crippen molar-refractivity contribution in [1.82, 2.24) is 9.78 Å². The number of rotatable bonds is 2. The molecule has 94 valence electrons. The highest BCUT2D eigenvalue weighted by molar-refractivity contribution is 5.87. The van der Waals surface area contributed by atoms with Crippen molar-refractivity contribution in [2.75, 3.05) is 0 Å². The molecule has 6 nitrogen and oxygen atoms in total. The number of aromatic carboxylic acids is 1. The average Bonchev–Trinajstić information content (AvgIpc) is 2.40. The number of nitriles is 1. The normalized spacial score (nSPS) is 9.89. The fourth-order valence-corrected chi connectivity index (χ4v) is 1.72. The molecule has 2 N–H and O–H groups in total. The Hall–Kier alpha value is -2.94. The van der Waals surface area contributed by atoms with Crippen LogP contribution in [-0.2, 0) is 0 Å². The van der Waals surface area contributed by atoms with Crippen molar-refractivity contribution in [3.05, 3.63) is 52.6 Å². The lowest BCUT2D eigenvalue weighted by Gasteiger charge is -2.10. The van der Waals surface area contributed by atoms with Crippen LogP contribution in [0.4, 0.5) is 0 Å². The van der Waals surface area contributed by atoms with Crippen LogP contribution in [0, 0.1) is 23.7 Å². The average molecular weight is 254 g/mol. The Morgan fingerprint density at radius 1 is 1.42 bits per heavy atom. The number of nitrogens with one attached hydrogen (secondary N) is 1. The van der Waals surface area contributed by atoms with Crippen LogP contribution in [0.2, 0.25) is 0 Å². The topological polar surface area (TPSA) is 103 Å². The van der Waals surface area contributed by atoms with Crippen LogP contribution in [0.15, 0.2) is 30.3 Å². The summed E-state index contributed by atoms with van der Waals surface area (Å²) >= 11 is 0. The van der Waals surface area contributed by atoms with Gasteiger partial charge in [-0.25, -0.2) is 9.48 Å². The van der Waals surface area contributed by atoms with E-state index in [0.717, 1.165) is 4.68 Å². The molecule has 6 heteroatoms. The monoisotopic (exact) mass is 254 g/mol. The van der Waals surface area contributed by atoms with Gasteiger partial charge < -0.3 is 5.11 Å². The minimum atomic E-state index is -1.22. The molecule has 0 bridgehead atoms. The van der Waals surface area contributed by atoms with Crippen LogP contribution in [0.5, 0.6) is 0 Å². The molecule has 19 heavy (non-hydrogen) atoms. The first-order chi connectivity index (χ1) is 9.06. The van der Waals surface area contributed by atoms with E-state index < -0.39 is 5.97 Å². The van der Waals surface area contributed by atoms with Crippen LogP contribution >= 0.6 is 0 Å². The number of aromatic nitrogens is 2. The van der Waals surface area contributed by atoms with E-state index in [2.05, 4.69) is 5.10 Å². The second-order valence-corrected chi connectivity index (χ2v) is 3.86. The Morgan fingerprint density at radius 2 is 2.05 bits per heavy atom. The van der Waals surface area contributed by atoms with Crippen molar-refractivity contribution in [3.63, 3.8) is 0 Å². The number of hydrogen-bond acceptors (Lipinski definition) is 4. The minimum Gasteiger partial charge on any atom is -0.476 e. The second kappa shape index (κ2) is 4.74. The van der Waals surface area contributed by atoms with Gasteiger partial charge in [0.05, 0.1) is 5.69 Å². The third-order valence-electron chi connectivity index (χ3n) is 2.69. The van der Waals surface area contributed by atoms with Gasteiger partial charge in [0.15, 0.2) is 11.2 Å². The summed E-state index contributed by atoms with van der Waals surface area (Å²) in [5.41, 5.74) is 0.391. The Kier molecular flexibility index (Phi) is 3.12. The Bertz CT molecular complexity index is 742. The molecule has 2 aromatic rings. The van der Waals surface area contributed by atoms with E-state index in [9.17, 15) is 4.79 Å². The van der Waals surface area contributed by atoms with Crippen LogP contribution in [-0.4, -0.2) is 20.9 Å². The lowest BCUT2D eigenvalue weighted by Crippen LogP contribution is -2.28. The van der Waals surface area contributed by atoms with Crippen LogP contribution in [0.25, 0.3) is 5.69 Å². The molecular formula is C13H10N4O2. The quantitative estimate of drug-likeness (QED) is 0.841. The van der Waals surface area contributed by atoms with Crippen molar-refractivity contribution in [1.29, 1.82) is 10.7 Å². The highest BCUT2D eigenvalue weighted by atomic mass is 16.4. The number of carbonyl (C=O) groups is 1. The van der Waals surface area contributed by atoms with E-state index in [1.807, 2.05) is 6.07 Å². The smallest absolute Gasteiger partial charge is 0.356 e.